The Morgan fingerprint density at radius 2 is 1.69 bits per heavy atom. The van der Waals surface area contributed by atoms with Crippen LogP contribution in [0.25, 0.3) is 11.1 Å². The number of rotatable bonds is 6. The van der Waals surface area contributed by atoms with Gasteiger partial charge in [-0.1, -0.05) is 54.6 Å². The largest absolute Gasteiger partial charge is 0.508 e. The minimum absolute atomic E-state index is 0.0303. The molecule has 6 nitrogen and oxygen atoms in total. The molecule has 0 saturated carbocycles. The van der Waals surface area contributed by atoms with E-state index >= 15 is 0 Å². The molecule has 1 aliphatic heterocycles. The molecule has 5 rings (SSSR count). The molecule has 180 valence electrons. The van der Waals surface area contributed by atoms with Crippen LogP contribution in [0.4, 0.5) is 4.79 Å². The summed E-state index contributed by atoms with van der Waals surface area (Å²) in [6, 6.07) is 21.9. The Labute approximate surface area is 205 Å². The number of benzene rings is 3. The second kappa shape index (κ2) is 9.82. The number of amides is 2. The van der Waals surface area contributed by atoms with Crippen molar-refractivity contribution in [3.05, 3.63) is 89.0 Å². The fourth-order valence-corrected chi connectivity index (χ4v) is 5.18. The van der Waals surface area contributed by atoms with E-state index in [0.717, 1.165) is 12.0 Å². The van der Waals surface area contributed by atoms with Crippen LogP contribution in [0.15, 0.2) is 66.7 Å². The van der Waals surface area contributed by atoms with Gasteiger partial charge in [0.25, 0.3) is 0 Å². The molecule has 1 aliphatic carbocycles. The Kier molecular flexibility index (Phi) is 6.45. The Balaban J connectivity index is 1.10. The van der Waals surface area contributed by atoms with Gasteiger partial charge in [0, 0.05) is 39.0 Å². The number of phenols is 1. The van der Waals surface area contributed by atoms with Crippen LogP contribution >= 0.6 is 0 Å². The van der Waals surface area contributed by atoms with Crippen molar-refractivity contribution in [1.82, 2.24) is 9.80 Å². The van der Waals surface area contributed by atoms with Crippen LogP contribution in [0.5, 0.6) is 5.75 Å². The van der Waals surface area contributed by atoms with Crippen molar-refractivity contribution in [2.45, 2.75) is 31.7 Å². The molecule has 3 aromatic carbocycles. The first-order valence-electron chi connectivity index (χ1n) is 12.2. The van der Waals surface area contributed by atoms with Crippen molar-refractivity contribution in [2.75, 3.05) is 26.7 Å². The second-order valence-electron chi connectivity index (χ2n) is 9.35. The Morgan fingerprint density at radius 1 is 1.00 bits per heavy atom. The maximum absolute atomic E-state index is 12.7. The second-order valence-corrected chi connectivity index (χ2v) is 9.35. The van der Waals surface area contributed by atoms with E-state index in [1.165, 1.54) is 27.8 Å². The highest BCUT2D eigenvalue weighted by Crippen LogP contribution is 2.44. The first kappa shape index (κ1) is 23.0. The molecule has 0 radical (unpaired) electrons. The molecule has 1 N–H and O–H groups in total. The molecular formula is C29H30N2O4. The number of hydrogen-bond acceptors (Lipinski definition) is 4. The van der Waals surface area contributed by atoms with E-state index in [1.54, 1.807) is 24.1 Å². The maximum Gasteiger partial charge on any atom is 0.409 e. The zero-order valence-corrected chi connectivity index (χ0v) is 19.9. The smallest absolute Gasteiger partial charge is 0.409 e. The van der Waals surface area contributed by atoms with Crippen LogP contribution < -0.4 is 0 Å². The van der Waals surface area contributed by atoms with Crippen LogP contribution in [0.3, 0.4) is 0 Å². The van der Waals surface area contributed by atoms with Gasteiger partial charge in [-0.2, -0.15) is 0 Å². The fraction of sp³-hybridized carbons (Fsp3) is 0.310. The predicted octanol–water partition coefficient (Wildman–Crippen LogP) is 4.94. The number of aromatic hydroxyl groups is 1. The third-order valence-electron chi connectivity index (χ3n) is 7.09. The van der Waals surface area contributed by atoms with Gasteiger partial charge in [-0.15, -0.1) is 0 Å². The molecule has 0 bridgehead atoms. The molecule has 2 aliphatic rings. The standard InChI is InChI=1S/C29H30N2O4/c1-30(15-6-11-28(33)31-16-14-20-12-13-22(32)17-21(20)18-31)29(34)35-19-27-25-9-4-2-7-23(25)24-8-3-5-10-26(24)27/h2-5,7-10,12-13,17,27,32H,6,11,14-16,18-19H2,1H3. The van der Waals surface area contributed by atoms with Gasteiger partial charge in [-0.05, 0) is 58.4 Å². The molecule has 3 aromatic rings. The monoisotopic (exact) mass is 470 g/mol. The molecule has 0 atom stereocenters. The fourth-order valence-electron chi connectivity index (χ4n) is 5.18. The summed E-state index contributed by atoms with van der Waals surface area (Å²) in [6.07, 6.45) is 1.36. The summed E-state index contributed by atoms with van der Waals surface area (Å²) in [5.41, 5.74) is 6.96. The lowest BCUT2D eigenvalue weighted by molar-refractivity contribution is -0.132. The Morgan fingerprint density at radius 3 is 2.40 bits per heavy atom. The normalized spacial score (nSPS) is 14.1. The Hall–Kier alpha value is -3.80. The van der Waals surface area contributed by atoms with Crippen molar-refractivity contribution in [2.24, 2.45) is 0 Å². The predicted molar refractivity (Wildman–Crippen MR) is 134 cm³/mol. The molecule has 6 heteroatoms. The average Bonchev–Trinajstić information content (AvgIpc) is 3.20. The lowest BCUT2D eigenvalue weighted by Gasteiger charge is -2.29. The van der Waals surface area contributed by atoms with Gasteiger partial charge in [-0.3, -0.25) is 4.79 Å². The third kappa shape index (κ3) is 4.74. The number of phenolic OH excluding ortho intramolecular Hbond substituents is 1. The summed E-state index contributed by atoms with van der Waals surface area (Å²) in [5.74, 6) is 0.324. The zero-order chi connectivity index (χ0) is 24.4. The molecule has 2 amide bonds. The van der Waals surface area contributed by atoms with Gasteiger partial charge in [0.1, 0.15) is 12.4 Å². The van der Waals surface area contributed by atoms with Crippen molar-refractivity contribution >= 4 is 12.0 Å². The molecule has 0 fully saturated rings. The molecule has 0 unspecified atom stereocenters. The highest BCUT2D eigenvalue weighted by molar-refractivity contribution is 5.79. The van der Waals surface area contributed by atoms with Gasteiger partial charge in [0.2, 0.25) is 5.91 Å². The summed E-state index contributed by atoms with van der Waals surface area (Å²) in [6.45, 7) is 1.94. The van der Waals surface area contributed by atoms with Crippen molar-refractivity contribution in [3.8, 4) is 16.9 Å². The lowest BCUT2D eigenvalue weighted by Crippen LogP contribution is -2.36. The first-order valence-corrected chi connectivity index (χ1v) is 12.2. The summed E-state index contributed by atoms with van der Waals surface area (Å²) >= 11 is 0. The van der Waals surface area contributed by atoms with Crippen LogP contribution in [0, 0.1) is 0 Å². The van der Waals surface area contributed by atoms with E-state index in [-0.39, 0.29) is 30.3 Å². The molecule has 1 heterocycles. The maximum atomic E-state index is 12.7. The van der Waals surface area contributed by atoms with Crippen LogP contribution in [0.2, 0.25) is 0 Å². The van der Waals surface area contributed by atoms with Crippen molar-refractivity contribution < 1.29 is 19.4 Å². The van der Waals surface area contributed by atoms with Gasteiger partial charge < -0.3 is 19.6 Å². The summed E-state index contributed by atoms with van der Waals surface area (Å²) in [7, 11) is 1.71. The summed E-state index contributed by atoms with van der Waals surface area (Å²) in [4.78, 5) is 28.7. The summed E-state index contributed by atoms with van der Waals surface area (Å²) in [5, 5.41) is 9.72. The van der Waals surface area contributed by atoms with E-state index in [2.05, 4.69) is 24.3 Å². The minimum atomic E-state index is -0.373. The zero-order valence-electron chi connectivity index (χ0n) is 19.9. The van der Waals surface area contributed by atoms with E-state index in [1.807, 2.05) is 35.2 Å². The van der Waals surface area contributed by atoms with Crippen molar-refractivity contribution in [3.63, 3.8) is 0 Å². The molecule has 0 spiro atoms. The molecular weight excluding hydrogens is 440 g/mol. The molecule has 35 heavy (non-hydrogen) atoms. The average molecular weight is 471 g/mol. The number of fused-ring (bicyclic) bond motifs is 4. The van der Waals surface area contributed by atoms with E-state index in [9.17, 15) is 14.7 Å². The molecule has 0 aromatic heterocycles. The number of carbonyl (C=O) groups is 2. The van der Waals surface area contributed by atoms with E-state index < -0.39 is 0 Å². The van der Waals surface area contributed by atoms with E-state index in [0.29, 0.717) is 32.5 Å². The van der Waals surface area contributed by atoms with Crippen LogP contribution in [-0.2, 0) is 22.5 Å². The Bertz CT molecular complexity index is 1210. The summed E-state index contributed by atoms with van der Waals surface area (Å²) < 4.78 is 5.69. The van der Waals surface area contributed by atoms with Crippen molar-refractivity contribution in [1.29, 1.82) is 0 Å². The topological polar surface area (TPSA) is 70.1 Å². The number of hydrogen-bond donors (Lipinski definition) is 1. The SMILES string of the molecule is CN(CCCC(=O)N1CCc2ccc(O)cc2C1)C(=O)OCC1c2ccccc2-c2ccccc21. The first-order chi connectivity index (χ1) is 17.0. The highest BCUT2D eigenvalue weighted by Gasteiger charge is 2.29. The number of carbonyl (C=O) groups excluding carboxylic acids is 2. The van der Waals surface area contributed by atoms with Crippen LogP contribution in [-0.4, -0.2) is 53.7 Å². The van der Waals surface area contributed by atoms with Gasteiger partial charge in [-0.25, -0.2) is 4.79 Å². The quantitative estimate of drug-likeness (QED) is 0.554. The molecule has 0 saturated heterocycles. The van der Waals surface area contributed by atoms with Gasteiger partial charge >= 0.3 is 6.09 Å². The highest BCUT2D eigenvalue weighted by atomic mass is 16.6. The lowest BCUT2D eigenvalue weighted by atomic mass is 9.98. The van der Waals surface area contributed by atoms with E-state index in [4.69, 9.17) is 4.74 Å². The number of nitrogens with zero attached hydrogens (tertiary/aromatic N) is 2. The number of ether oxygens (including phenoxy) is 1. The van der Waals surface area contributed by atoms with Crippen LogP contribution in [0.1, 0.15) is 41.0 Å². The van der Waals surface area contributed by atoms with Gasteiger partial charge in [0.15, 0.2) is 0 Å². The minimum Gasteiger partial charge on any atom is -0.508 e. The third-order valence-corrected chi connectivity index (χ3v) is 7.09. The van der Waals surface area contributed by atoms with Gasteiger partial charge in [0.05, 0.1) is 0 Å².